The summed E-state index contributed by atoms with van der Waals surface area (Å²) in [5.41, 5.74) is 2.68. The molecule has 1 N–H and O–H groups in total. The minimum atomic E-state index is -0.0762. The molecule has 1 amide bonds. The molecule has 112 valence electrons. The van der Waals surface area contributed by atoms with E-state index in [4.69, 9.17) is 0 Å². The van der Waals surface area contributed by atoms with Crippen molar-refractivity contribution in [2.45, 2.75) is 13.5 Å². The molecule has 4 nitrogen and oxygen atoms in total. The second-order valence-corrected chi connectivity index (χ2v) is 7.45. The fourth-order valence-corrected chi connectivity index (χ4v) is 3.46. The first kappa shape index (κ1) is 15.0. The van der Waals surface area contributed by atoms with E-state index in [9.17, 15) is 4.79 Å². The van der Waals surface area contributed by atoms with Gasteiger partial charge in [-0.15, -0.1) is 11.3 Å². The number of benzene rings is 1. The van der Waals surface area contributed by atoms with Crippen LogP contribution in [0.3, 0.4) is 0 Å². The SMILES string of the molecule is Cc1cnn(-c2ccc(C(=O)NCc3ccc(Br)s3)cc2)c1. The zero-order chi connectivity index (χ0) is 15.5. The number of aromatic nitrogens is 2. The molecule has 0 aliphatic rings. The van der Waals surface area contributed by atoms with E-state index in [1.54, 1.807) is 22.2 Å². The molecule has 6 heteroatoms. The molecule has 22 heavy (non-hydrogen) atoms. The first-order valence-electron chi connectivity index (χ1n) is 6.76. The summed E-state index contributed by atoms with van der Waals surface area (Å²) in [6, 6.07) is 11.4. The number of carbonyl (C=O) groups excluding carboxylic acids is 1. The summed E-state index contributed by atoms with van der Waals surface area (Å²) < 4.78 is 2.86. The van der Waals surface area contributed by atoms with Gasteiger partial charge in [-0.05, 0) is 64.8 Å². The van der Waals surface area contributed by atoms with Crippen LogP contribution >= 0.6 is 27.3 Å². The lowest BCUT2D eigenvalue weighted by molar-refractivity contribution is 0.0951. The van der Waals surface area contributed by atoms with Crippen LogP contribution in [0.2, 0.25) is 0 Å². The van der Waals surface area contributed by atoms with Crippen molar-refractivity contribution in [3.05, 3.63) is 68.6 Å². The third-order valence-corrected chi connectivity index (χ3v) is 4.78. The zero-order valence-corrected chi connectivity index (χ0v) is 14.3. The summed E-state index contributed by atoms with van der Waals surface area (Å²) in [6.45, 7) is 2.53. The van der Waals surface area contributed by atoms with Crippen molar-refractivity contribution in [2.75, 3.05) is 0 Å². The van der Waals surface area contributed by atoms with Crippen LogP contribution in [0, 0.1) is 6.92 Å². The number of thiophene rings is 1. The predicted octanol–water partition coefficient (Wildman–Crippen LogP) is 3.93. The van der Waals surface area contributed by atoms with Crippen molar-refractivity contribution in [1.82, 2.24) is 15.1 Å². The summed E-state index contributed by atoms with van der Waals surface area (Å²) in [5, 5.41) is 7.17. The van der Waals surface area contributed by atoms with Gasteiger partial charge in [-0.2, -0.15) is 5.10 Å². The van der Waals surface area contributed by atoms with Gasteiger partial charge in [0.15, 0.2) is 0 Å². The molecule has 0 aliphatic carbocycles. The number of rotatable bonds is 4. The molecule has 3 aromatic rings. The molecule has 0 spiro atoms. The van der Waals surface area contributed by atoms with Gasteiger partial charge in [-0.1, -0.05) is 0 Å². The van der Waals surface area contributed by atoms with Gasteiger partial charge in [0.2, 0.25) is 0 Å². The Kier molecular flexibility index (Phi) is 4.40. The predicted molar refractivity (Wildman–Crippen MR) is 91.5 cm³/mol. The molecule has 0 saturated heterocycles. The second kappa shape index (κ2) is 6.46. The highest BCUT2D eigenvalue weighted by Crippen LogP contribution is 2.21. The van der Waals surface area contributed by atoms with Crippen LogP contribution in [-0.2, 0) is 6.54 Å². The maximum atomic E-state index is 12.1. The Hall–Kier alpha value is -1.92. The number of carbonyl (C=O) groups is 1. The van der Waals surface area contributed by atoms with E-state index >= 15 is 0 Å². The Morgan fingerprint density at radius 2 is 2.05 bits per heavy atom. The van der Waals surface area contributed by atoms with E-state index in [1.165, 1.54) is 0 Å². The fraction of sp³-hybridized carbons (Fsp3) is 0.125. The first-order chi connectivity index (χ1) is 10.6. The molecule has 0 fully saturated rings. The number of nitrogens with zero attached hydrogens (tertiary/aromatic N) is 2. The lowest BCUT2D eigenvalue weighted by atomic mass is 10.2. The lowest BCUT2D eigenvalue weighted by Gasteiger charge is -2.05. The van der Waals surface area contributed by atoms with Gasteiger partial charge in [0, 0.05) is 16.6 Å². The van der Waals surface area contributed by atoms with Crippen molar-refractivity contribution in [3.8, 4) is 5.69 Å². The Bertz CT molecular complexity index is 792. The number of halogens is 1. The molecule has 0 radical (unpaired) electrons. The van der Waals surface area contributed by atoms with E-state index in [2.05, 4.69) is 26.3 Å². The Morgan fingerprint density at radius 3 is 2.64 bits per heavy atom. The van der Waals surface area contributed by atoms with Gasteiger partial charge in [-0.3, -0.25) is 4.79 Å². The average molecular weight is 376 g/mol. The summed E-state index contributed by atoms with van der Waals surface area (Å²) in [7, 11) is 0. The number of amides is 1. The van der Waals surface area contributed by atoms with E-state index in [0.717, 1.165) is 19.9 Å². The highest BCUT2D eigenvalue weighted by Gasteiger charge is 2.07. The minimum Gasteiger partial charge on any atom is -0.347 e. The zero-order valence-electron chi connectivity index (χ0n) is 11.9. The number of hydrogen-bond donors (Lipinski definition) is 1. The molecule has 0 saturated carbocycles. The van der Waals surface area contributed by atoms with Gasteiger partial charge >= 0.3 is 0 Å². The number of nitrogens with one attached hydrogen (secondary N) is 1. The monoisotopic (exact) mass is 375 g/mol. The van der Waals surface area contributed by atoms with E-state index in [1.807, 2.05) is 49.5 Å². The standard InChI is InChI=1S/C16H14BrN3OS/c1-11-8-19-20(10-11)13-4-2-12(3-5-13)16(21)18-9-14-6-7-15(17)22-14/h2-8,10H,9H2,1H3,(H,18,21). The van der Waals surface area contributed by atoms with Crippen LogP contribution in [0.5, 0.6) is 0 Å². The molecule has 0 atom stereocenters. The van der Waals surface area contributed by atoms with Crippen LogP contribution in [0.25, 0.3) is 5.69 Å². The molecular weight excluding hydrogens is 362 g/mol. The van der Waals surface area contributed by atoms with Gasteiger partial charge in [0.1, 0.15) is 0 Å². The smallest absolute Gasteiger partial charge is 0.251 e. The van der Waals surface area contributed by atoms with Crippen LogP contribution in [0.4, 0.5) is 0 Å². The lowest BCUT2D eigenvalue weighted by Crippen LogP contribution is -2.22. The van der Waals surface area contributed by atoms with Gasteiger partial charge < -0.3 is 5.32 Å². The fourth-order valence-electron chi connectivity index (χ4n) is 2.04. The van der Waals surface area contributed by atoms with Crippen molar-refractivity contribution in [2.24, 2.45) is 0 Å². The van der Waals surface area contributed by atoms with Crippen LogP contribution in [-0.4, -0.2) is 15.7 Å². The van der Waals surface area contributed by atoms with Gasteiger partial charge in [-0.25, -0.2) is 4.68 Å². The molecule has 0 aliphatic heterocycles. The van der Waals surface area contributed by atoms with Crippen LogP contribution < -0.4 is 5.32 Å². The van der Waals surface area contributed by atoms with E-state index in [0.29, 0.717) is 12.1 Å². The third-order valence-electron chi connectivity index (χ3n) is 3.16. The number of aryl methyl sites for hydroxylation is 1. The number of hydrogen-bond acceptors (Lipinski definition) is 3. The molecule has 0 unspecified atom stereocenters. The van der Waals surface area contributed by atoms with Gasteiger partial charge in [0.05, 0.1) is 22.2 Å². The third kappa shape index (κ3) is 3.45. The van der Waals surface area contributed by atoms with E-state index in [-0.39, 0.29) is 5.91 Å². The largest absolute Gasteiger partial charge is 0.347 e. The highest BCUT2D eigenvalue weighted by molar-refractivity contribution is 9.11. The van der Waals surface area contributed by atoms with Crippen LogP contribution in [0.15, 0.2) is 52.6 Å². The average Bonchev–Trinajstić information content (AvgIpc) is 3.13. The Labute approximate surface area is 140 Å². The Morgan fingerprint density at radius 1 is 1.27 bits per heavy atom. The van der Waals surface area contributed by atoms with Crippen molar-refractivity contribution in [1.29, 1.82) is 0 Å². The van der Waals surface area contributed by atoms with Crippen LogP contribution in [0.1, 0.15) is 20.8 Å². The quantitative estimate of drug-likeness (QED) is 0.750. The van der Waals surface area contributed by atoms with Crippen molar-refractivity contribution in [3.63, 3.8) is 0 Å². The molecule has 0 bridgehead atoms. The summed E-state index contributed by atoms with van der Waals surface area (Å²) in [4.78, 5) is 13.3. The van der Waals surface area contributed by atoms with Crippen molar-refractivity contribution >= 4 is 33.2 Å². The molecule has 2 heterocycles. The normalized spacial score (nSPS) is 10.6. The van der Waals surface area contributed by atoms with E-state index < -0.39 is 0 Å². The van der Waals surface area contributed by atoms with Gasteiger partial charge in [0.25, 0.3) is 5.91 Å². The summed E-state index contributed by atoms with van der Waals surface area (Å²) >= 11 is 5.03. The summed E-state index contributed by atoms with van der Waals surface area (Å²) in [6.07, 6.45) is 3.75. The topological polar surface area (TPSA) is 46.9 Å². The maximum Gasteiger partial charge on any atom is 0.251 e. The minimum absolute atomic E-state index is 0.0762. The first-order valence-corrected chi connectivity index (χ1v) is 8.37. The maximum absolute atomic E-state index is 12.1. The molecular formula is C16H14BrN3OS. The molecule has 2 aromatic heterocycles. The second-order valence-electron chi connectivity index (χ2n) is 4.90. The molecule has 1 aromatic carbocycles. The molecule has 3 rings (SSSR count). The Balaban J connectivity index is 1.65. The summed E-state index contributed by atoms with van der Waals surface area (Å²) in [5.74, 6) is -0.0762. The van der Waals surface area contributed by atoms with Crippen molar-refractivity contribution < 1.29 is 4.79 Å². The highest BCUT2D eigenvalue weighted by atomic mass is 79.9.